The third-order valence-electron chi connectivity index (χ3n) is 5.62. The van der Waals surface area contributed by atoms with E-state index in [2.05, 4.69) is 55.1 Å². The number of nitrogens with one attached hydrogen (secondary N) is 1. The van der Waals surface area contributed by atoms with E-state index in [1.807, 2.05) is 18.3 Å². The molecule has 2 saturated heterocycles. The first-order valence-electron chi connectivity index (χ1n) is 11.1. The third kappa shape index (κ3) is 6.02. The number of nitrogens with zero attached hydrogens (tertiary/aromatic N) is 6. The molecule has 2 aliphatic rings. The van der Waals surface area contributed by atoms with Crippen LogP contribution in [0.5, 0.6) is 0 Å². The molecule has 0 unspecified atom stereocenters. The molecule has 2 fully saturated rings. The molecule has 0 radical (unpaired) electrons. The van der Waals surface area contributed by atoms with Gasteiger partial charge in [0.15, 0.2) is 0 Å². The van der Waals surface area contributed by atoms with Crippen LogP contribution in [0.1, 0.15) is 56.9 Å². The van der Waals surface area contributed by atoms with Crippen LogP contribution in [0.4, 0.5) is 17.8 Å². The minimum absolute atomic E-state index is 0.519. The smallest absolute Gasteiger partial charge is 0.250 e. The maximum absolute atomic E-state index is 4.88. The van der Waals surface area contributed by atoms with Crippen LogP contribution in [0, 0.1) is 3.57 Å². The zero-order valence-electron chi connectivity index (χ0n) is 17.4. The van der Waals surface area contributed by atoms with Gasteiger partial charge in [0, 0.05) is 29.7 Å². The first-order valence-corrected chi connectivity index (χ1v) is 12.2. The molecule has 1 aromatic heterocycles. The fourth-order valence-electron chi connectivity index (χ4n) is 3.98. The number of halogens is 1. The van der Waals surface area contributed by atoms with Gasteiger partial charge in [0.1, 0.15) is 0 Å². The molecule has 160 valence electrons. The van der Waals surface area contributed by atoms with Gasteiger partial charge in [0.2, 0.25) is 17.8 Å². The molecule has 7 nitrogen and oxygen atoms in total. The Kier molecular flexibility index (Phi) is 7.71. The molecule has 3 heterocycles. The van der Waals surface area contributed by atoms with E-state index in [9.17, 15) is 0 Å². The van der Waals surface area contributed by atoms with Crippen molar-refractivity contribution in [3.63, 3.8) is 0 Å². The molecule has 30 heavy (non-hydrogen) atoms. The van der Waals surface area contributed by atoms with Gasteiger partial charge in [-0.2, -0.15) is 20.1 Å². The van der Waals surface area contributed by atoms with Crippen molar-refractivity contribution in [3.05, 3.63) is 33.4 Å². The van der Waals surface area contributed by atoms with Crippen LogP contribution < -0.4 is 15.2 Å². The average molecular weight is 519 g/mol. The summed E-state index contributed by atoms with van der Waals surface area (Å²) in [6, 6.07) is 8.22. The van der Waals surface area contributed by atoms with Gasteiger partial charge in [0.25, 0.3) is 0 Å². The standard InChI is InChI=1S/C22H30IN7/c23-19-11-9-10-18(16-19)17-24-28-20-25-21(29-12-5-1-2-6-13-29)27-22(26-20)30-14-7-3-4-8-15-30/h9-11,16-17H,1-8,12-15H2,(H,25,26,27,28)/b24-17+. The quantitative estimate of drug-likeness (QED) is 0.352. The van der Waals surface area contributed by atoms with Gasteiger partial charge in [0.05, 0.1) is 6.21 Å². The van der Waals surface area contributed by atoms with E-state index in [-0.39, 0.29) is 0 Å². The summed E-state index contributed by atoms with van der Waals surface area (Å²) in [6.45, 7) is 4.03. The zero-order chi connectivity index (χ0) is 20.6. The summed E-state index contributed by atoms with van der Waals surface area (Å²) < 4.78 is 1.18. The van der Waals surface area contributed by atoms with E-state index < -0.39 is 0 Å². The maximum atomic E-state index is 4.88. The lowest BCUT2D eigenvalue weighted by Gasteiger charge is -2.24. The van der Waals surface area contributed by atoms with Crippen molar-refractivity contribution in [2.45, 2.75) is 51.4 Å². The number of hydrogen-bond donors (Lipinski definition) is 1. The molecule has 1 N–H and O–H groups in total. The summed E-state index contributed by atoms with van der Waals surface area (Å²) >= 11 is 2.31. The number of aromatic nitrogens is 3. The maximum Gasteiger partial charge on any atom is 0.250 e. The summed E-state index contributed by atoms with van der Waals surface area (Å²) in [4.78, 5) is 18.9. The number of rotatable bonds is 5. The van der Waals surface area contributed by atoms with Crippen molar-refractivity contribution < 1.29 is 0 Å². The molecule has 0 saturated carbocycles. The van der Waals surface area contributed by atoms with Crippen molar-refractivity contribution in [1.29, 1.82) is 0 Å². The molecule has 0 amide bonds. The number of hydrazone groups is 1. The van der Waals surface area contributed by atoms with Crippen LogP contribution in [-0.2, 0) is 0 Å². The van der Waals surface area contributed by atoms with Gasteiger partial charge >= 0.3 is 0 Å². The van der Waals surface area contributed by atoms with Gasteiger partial charge in [-0.05, 0) is 66.0 Å². The van der Waals surface area contributed by atoms with Crippen molar-refractivity contribution in [2.75, 3.05) is 41.4 Å². The molecule has 2 aliphatic heterocycles. The second kappa shape index (κ2) is 10.9. The molecule has 2 aromatic rings. The molecule has 1 aromatic carbocycles. The highest BCUT2D eigenvalue weighted by molar-refractivity contribution is 14.1. The molecular weight excluding hydrogens is 489 g/mol. The fourth-order valence-corrected chi connectivity index (χ4v) is 4.55. The predicted molar refractivity (Wildman–Crippen MR) is 132 cm³/mol. The van der Waals surface area contributed by atoms with E-state index in [4.69, 9.17) is 15.0 Å². The van der Waals surface area contributed by atoms with Gasteiger partial charge in [-0.1, -0.05) is 37.8 Å². The van der Waals surface area contributed by atoms with Gasteiger partial charge in [-0.25, -0.2) is 5.43 Å². The van der Waals surface area contributed by atoms with Crippen LogP contribution in [0.2, 0.25) is 0 Å². The van der Waals surface area contributed by atoms with Crippen LogP contribution in [0.25, 0.3) is 0 Å². The lowest BCUT2D eigenvalue weighted by molar-refractivity contribution is 0.726. The SMILES string of the molecule is Ic1cccc(/C=N/Nc2nc(N3CCCCCC3)nc(N3CCCCCC3)n2)c1. The summed E-state index contributed by atoms with van der Waals surface area (Å²) in [7, 11) is 0. The normalized spacial score (nSPS) is 18.3. The number of anilines is 3. The summed E-state index contributed by atoms with van der Waals surface area (Å²) in [5, 5.41) is 4.39. The van der Waals surface area contributed by atoms with Crippen LogP contribution in [0.15, 0.2) is 29.4 Å². The number of hydrogen-bond acceptors (Lipinski definition) is 7. The largest absolute Gasteiger partial charge is 0.341 e. The van der Waals surface area contributed by atoms with E-state index in [1.54, 1.807) is 0 Å². The topological polar surface area (TPSA) is 69.5 Å². The molecule has 0 spiro atoms. The molecule has 0 atom stereocenters. The van der Waals surface area contributed by atoms with Crippen molar-refractivity contribution in [1.82, 2.24) is 15.0 Å². The zero-order valence-corrected chi connectivity index (χ0v) is 19.6. The second-order valence-electron chi connectivity index (χ2n) is 7.99. The predicted octanol–water partition coefficient (Wildman–Crippen LogP) is 4.68. The first-order chi connectivity index (χ1) is 14.8. The average Bonchev–Trinajstić information content (AvgIpc) is 3.19. The van der Waals surface area contributed by atoms with Gasteiger partial charge < -0.3 is 9.80 Å². The highest BCUT2D eigenvalue weighted by Gasteiger charge is 2.19. The van der Waals surface area contributed by atoms with Crippen LogP contribution in [0.3, 0.4) is 0 Å². The lowest BCUT2D eigenvalue weighted by Crippen LogP contribution is -2.30. The summed E-state index contributed by atoms with van der Waals surface area (Å²) in [5.74, 6) is 2.07. The van der Waals surface area contributed by atoms with Crippen molar-refractivity contribution in [3.8, 4) is 0 Å². The minimum atomic E-state index is 0.519. The second-order valence-corrected chi connectivity index (χ2v) is 9.23. The minimum Gasteiger partial charge on any atom is -0.341 e. The van der Waals surface area contributed by atoms with Gasteiger partial charge in [-0.3, -0.25) is 0 Å². The van der Waals surface area contributed by atoms with Crippen molar-refractivity contribution in [2.24, 2.45) is 5.10 Å². The molecule has 0 bridgehead atoms. The Bertz CT molecular complexity index is 803. The van der Waals surface area contributed by atoms with Gasteiger partial charge in [-0.15, -0.1) is 0 Å². The third-order valence-corrected chi connectivity index (χ3v) is 6.29. The van der Waals surface area contributed by atoms with E-state index in [1.165, 1.54) is 54.9 Å². The molecule has 4 rings (SSSR count). The Morgan fingerprint density at radius 3 is 1.90 bits per heavy atom. The number of benzene rings is 1. The first kappa shape index (κ1) is 21.3. The van der Waals surface area contributed by atoms with E-state index >= 15 is 0 Å². The summed E-state index contributed by atoms with van der Waals surface area (Å²) in [6.07, 6.45) is 11.7. The highest BCUT2D eigenvalue weighted by Crippen LogP contribution is 2.22. The fraction of sp³-hybridized carbons (Fsp3) is 0.545. The Morgan fingerprint density at radius 2 is 1.37 bits per heavy atom. The Hall–Kier alpha value is -1.97. The lowest BCUT2D eigenvalue weighted by atomic mass is 10.2. The Balaban J connectivity index is 1.57. The summed E-state index contributed by atoms with van der Waals surface area (Å²) in [5.41, 5.74) is 4.10. The van der Waals surface area contributed by atoms with E-state index in [0.29, 0.717) is 5.95 Å². The Labute approximate surface area is 192 Å². The van der Waals surface area contributed by atoms with Crippen molar-refractivity contribution >= 4 is 46.7 Å². The molecular formula is C22H30IN7. The monoisotopic (exact) mass is 519 g/mol. The van der Waals surface area contributed by atoms with E-state index in [0.717, 1.165) is 43.6 Å². The molecule has 8 heteroatoms. The van der Waals surface area contributed by atoms with Crippen LogP contribution in [-0.4, -0.2) is 47.3 Å². The molecule has 0 aliphatic carbocycles. The van der Waals surface area contributed by atoms with Crippen LogP contribution >= 0.6 is 22.6 Å². The Morgan fingerprint density at radius 1 is 0.800 bits per heavy atom. The highest BCUT2D eigenvalue weighted by atomic mass is 127.